The fraction of sp³-hybridized carbons (Fsp3) is 0.333. The summed E-state index contributed by atoms with van der Waals surface area (Å²) in [5.41, 5.74) is 0.643. The first kappa shape index (κ1) is 11.0. The molecule has 2 aromatic heterocycles. The fourth-order valence-electron chi connectivity index (χ4n) is 2.08. The van der Waals surface area contributed by atoms with Crippen molar-refractivity contribution in [2.75, 3.05) is 0 Å². The van der Waals surface area contributed by atoms with Crippen molar-refractivity contribution >= 4 is 27.3 Å². The van der Waals surface area contributed by atoms with Gasteiger partial charge in [-0.3, -0.25) is 0 Å². The average Bonchev–Trinajstić information content (AvgIpc) is 2.86. The molecule has 1 N–H and O–H groups in total. The topological polar surface area (TPSA) is 52.5 Å². The Morgan fingerprint density at radius 2 is 2.35 bits per heavy atom. The van der Waals surface area contributed by atoms with Gasteiger partial charge in [0.15, 0.2) is 0 Å². The second-order valence-electron chi connectivity index (χ2n) is 4.32. The molecule has 1 aliphatic rings. The molecule has 86 valence electrons. The van der Waals surface area contributed by atoms with Gasteiger partial charge < -0.3 is 4.98 Å². The summed E-state index contributed by atoms with van der Waals surface area (Å²) in [5.74, 6) is 0.825. The van der Waals surface area contributed by atoms with Crippen molar-refractivity contribution < 1.29 is 0 Å². The first-order valence-corrected chi connectivity index (χ1v) is 7.12. The summed E-state index contributed by atoms with van der Waals surface area (Å²) in [7, 11) is 0. The second-order valence-corrected chi connectivity index (χ2v) is 6.15. The number of imidazole rings is 1. The number of aromatic nitrogens is 2. The van der Waals surface area contributed by atoms with Crippen LogP contribution in [0, 0.1) is 11.3 Å². The molecule has 0 aromatic carbocycles. The van der Waals surface area contributed by atoms with E-state index in [9.17, 15) is 5.26 Å². The van der Waals surface area contributed by atoms with Gasteiger partial charge in [-0.2, -0.15) is 5.26 Å². The van der Waals surface area contributed by atoms with Crippen LogP contribution in [0.5, 0.6) is 0 Å². The van der Waals surface area contributed by atoms with Crippen molar-refractivity contribution in [3.8, 4) is 16.6 Å². The third-order valence-corrected chi connectivity index (χ3v) is 5.01. The molecule has 1 fully saturated rings. The first-order chi connectivity index (χ1) is 8.23. The molecule has 0 saturated heterocycles. The van der Waals surface area contributed by atoms with Gasteiger partial charge in [0.1, 0.15) is 11.2 Å². The van der Waals surface area contributed by atoms with E-state index >= 15 is 0 Å². The summed E-state index contributed by atoms with van der Waals surface area (Å²) in [5, 5.41) is 11.3. The van der Waals surface area contributed by atoms with Gasteiger partial charge in [-0.25, -0.2) is 4.98 Å². The van der Waals surface area contributed by atoms with Crippen LogP contribution in [-0.2, 0) is 5.41 Å². The molecule has 0 aliphatic heterocycles. The number of hydrogen-bond acceptors (Lipinski definition) is 3. The first-order valence-electron chi connectivity index (χ1n) is 5.45. The summed E-state index contributed by atoms with van der Waals surface area (Å²) < 4.78 is 1.08. The number of thiophene rings is 1. The molecule has 0 atom stereocenters. The minimum atomic E-state index is -0.354. The van der Waals surface area contributed by atoms with Gasteiger partial charge >= 0.3 is 0 Å². The Hall–Kier alpha value is -1.12. The van der Waals surface area contributed by atoms with E-state index in [0.717, 1.165) is 40.1 Å². The minimum absolute atomic E-state index is 0.354. The lowest BCUT2D eigenvalue weighted by atomic mass is 9.69. The molecule has 2 heterocycles. The van der Waals surface area contributed by atoms with E-state index in [4.69, 9.17) is 0 Å². The Kier molecular flexibility index (Phi) is 2.57. The zero-order valence-corrected chi connectivity index (χ0v) is 11.4. The van der Waals surface area contributed by atoms with Gasteiger partial charge in [-0.1, -0.05) is 0 Å². The second kappa shape index (κ2) is 3.97. The number of halogens is 1. The maximum Gasteiger partial charge on any atom is 0.127 e. The normalized spacial score (nSPS) is 17.4. The molecular weight excluding hydrogens is 298 g/mol. The zero-order valence-electron chi connectivity index (χ0n) is 9.03. The highest BCUT2D eigenvalue weighted by Crippen LogP contribution is 2.42. The van der Waals surface area contributed by atoms with Crippen LogP contribution in [0.3, 0.4) is 0 Å². The minimum Gasteiger partial charge on any atom is -0.340 e. The number of aromatic amines is 1. The Morgan fingerprint density at radius 3 is 2.88 bits per heavy atom. The molecule has 0 bridgehead atoms. The highest BCUT2D eigenvalue weighted by atomic mass is 79.9. The summed E-state index contributed by atoms with van der Waals surface area (Å²) in [4.78, 5) is 8.81. The number of rotatable bonds is 2. The van der Waals surface area contributed by atoms with Crippen molar-refractivity contribution in [3.63, 3.8) is 0 Å². The van der Waals surface area contributed by atoms with E-state index in [1.165, 1.54) is 0 Å². The molecule has 5 heteroatoms. The molecule has 2 aromatic rings. The van der Waals surface area contributed by atoms with Crippen LogP contribution in [-0.4, -0.2) is 9.97 Å². The molecule has 3 nitrogen and oxygen atoms in total. The predicted octanol–water partition coefficient (Wildman–Crippen LogP) is 3.85. The molecule has 0 spiro atoms. The lowest BCUT2D eigenvalue weighted by molar-refractivity contribution is 0.309. The molecule has 1 saturated carbocycles. The van der Waals surface area contributed by atoms with Crippen LogP contribution in [0.1, 0.15) is 25.1 Å². The average molecular weight is 308 g/mol. The molecule has 3 rings (SSSR count). The quantitative estimate of drug-likeness (QED) is 0.916. The van der Waals surface area contributed by atoms with Crippen molar-refractivity contribution in [3.05, 3.63) is 27.9 Å². The van der Waals surface area contributed by atoms with Crippen molar-refractivity contribution in [2.24, 2.45) is 0 Å². The van der Waals surface area contributed by atoms with Gasteiger partial charge in [-0.05, 0) is 41.3 Å². The van der Waals surface area contributed by atoms with Crippen LogP contribution in [0.15, 0.2) is 22.1 Å². The third-order valence-electron chi connectivity index (χ3n) is 3.28. The predicted molar refractivity (Wildman–Crippen MR) is 70.7 cm³/mol. The number of nitriles is 1. The van der Waals surface area contributed by atoms with Gasteiger partial charge in [0.05, 0.1) is 22.8 Å². The Bertz CT molecular complexity index is 589. The number of hydrogen-bond donors (Lipinski definition) is 1. The van der Waals surface area contributed by atoms with Crippen LogP contribution in [0.4, 0.5) is 0 Å². The van der Waals surface area contributed by atoms with Gasteiger partial charge in [0, 0.05) is 9.85 Å². The molecule has 17 heavy (non-hydrogen) atoms. The summed E-state index contributed by atoms with van der Waals surface area (Å²) >= 11 is 5.10. The molecular formula is C12H10BrN3S. The molecule has 0 unspecified atom stereocenters. The van der Waals surface area contributed by atoms with Crippen molar-refractivity contribution in [2.45, 2.75) is 24.7 Å². The molecule has 1 aliphatic carbocycles. The summed E-state index contributed by atoms with van der Waals surface area (Å²) in [6.07, 6.45) is 4.79. The van der Waals surface area contributed by atoms with Crippen LogP contribution in [0.25, 0.3) is 10.6 Å². The lowest BCUT2D eigenvalue weighted by Crippen LogP contribution is -2.33. The third kappa shape index (κ3) is 1.72. The maximum atomic E-state index is 9.26. The largest absolute Gasteiger partial charge is 0.340 e. The number of nitrogens with one attached hydrogen (secondary N) is 1. The van der Waals surface area contributed by atoms with Crippen molar-refractivity contribution in [1.82, 2.24) is 9.97 Å². The molecule has 0 amide bonds. The number of nitrogens with zero attached hydrogens (tertiary/aromatic N) is 2. The Morgan fingerprint density at radius 1 is 1.53 bits per heavy atom. The zero-order chi connectivity index (χ0) is 11.9. The van der Waals surface area contributed by atoms with E-state index in [0.29, 0.717) is 0 Å². The van der Waals surface area contributed by atoms with E-state index in [2.05, 4.69) is 38.0 Å². The van der Waals surface area contributed by atoms with Crippen LogP contribution >= 0.6 is 27.3 Å². The number of H-pyrrole nitrogens is 1. The standard InChI is InChI=1S/C12H10BrN3S/c13-8-4-10(17-6-8)9-5-15-11(16-9)12(7-14)2-1-3-12/h4-6H,1-3H2,(H,15,16). The van der Waals surface area contributed by atoms with E-state index in [1.807, 2.05) is 11.6 Å². The summed E-state index contributed by atoms with van der Waals surface area (Å²) in [6.45, 7) is 0. The lowest BCUT2D eigenvalue weighted by Gasteiger charge is -2.32. The van der Waals surface area contributed by atoms with Crippen molar-refractivity contribution in [1.29, 1.82) is 5.26 Å². The van der Waals surface area contributed by atoms with Crippen LogP contribution < -0.4 is 0 Å². The highest BCUT2D eigenvalue weighted by Gasteiger charge is 2.41. The van der Waals surface area contributed by atoms with E-state index < -0.39 is 0 Å². The Balaban J connectivity index is 1.96. The molecule has 0 radical (unpaired) electrons. The SMILES string of the molecule is N#CC1(c2ncc(-c3cc(Br)cs3)[nH]2)CCC1. The van der Waals surface area contributed by atoms with Gasteiger partial charge in [-0.15, -0.1) is 11.3 Å². The fourth-order valence-corrected chi connectivity index (χ4v) is 3.47. The van der Waals surface area contributed by atoms with Gasteiger partial charge in [0.2, 0.25) is 0 Å². The maximum absolute atomic E-state index is 9.26. The van der Waals surface area contributed by atoms with E-state index in [1.54, 1.807) is 11.3 Å². The van der Waals surface area contributed by atoms with E-state index in [-0.39, 0.29) is 5.41 Å². The smallest absolute Gasteiger partial charge is 0.127 e. The Labute approximate surface area is 112 Å². The van der Waals surface area contributed by atoms with Crippen LogP contribution in [0.2, 0.25) is 0 Å². The summed E-state index contributed by atoms with van der Waals surface area (Å²) in [6, 6.07) is 4.46. The van der Waals surface area contributed by atoms with Gasteiger partial charge in [0.25, 0.3) is 0 Å². The highest BCUT2D eigenvalue weighted by molar-refractivity contribution is 9.10. The monoisotopic (exact) mass is 307 g/mol.